The zero-order valence-corrected chi connectivity index (χ0v) is 16.1. The molecule has 0 radical (unpaired) electrons. The first kappa shape index (κ1) is 18.9. The minimum Gasteiger partial charge on any atom is -0.504 e. The third-order valence-corrected chi connectivity index (χ3v) is 4.69. The van der Waals surface area contributed by atoms with E-state index in [4.69, 9.17) is 9.73 Å². The Morgan fingerprint density at radius 1 is 1.11 bits per heavy atom. The second kappa shape index (κ2) is 9.16. The van der Waals surface area contributed by atoms with E-state index in [1.807, 2.05) is 12.1 Å². The average Bonchev–Trinajstić information content (AvgIpc) is 2.72. The van der Waals surface area contributed by atoms with Crippen LogP contribution in [0.1, 0.15) is 12.5 Å². The van der Waals surface area contributed by atoms with Crippen LogP contribution in [0.4, 0.5) is 5.69 Å². The molecular formula is C21H28N4O2. The van der Waals surface area contributed by atoms with Gasteiger partial charge in [0, 0.05) is 38.4 Å². The zero-order chi connectivity index (χ0) is 19.1. The number of hydrogen-bond donors (Lipinski definition) is 2. The summed E-state index contributed by atoms with van der Waals surface area (Å²) in [5.41, 5.74) is 2.22. The van der Waals surface area contributed by atoms with E-state index in [0.717, 1.165) is 44.2 Å². The predicted molar refractivity (Wildman–Crippen MR) is 110 cm³/mol. The number of phenolic OH excluding ortho intramolecular Hbond substituents is 1. The highest BCUT2D eigenvalue weighted by Crippen LogP contribution is 2.26. The van der Waals surface area contributed by atoms with Gasteiger partial charge in [-0.3, -0.25) is 0 Å². The molecule has 1 heterocycles. The van der Waals surface area contributed by atoms with Crippen LogP contribution < -0.4 is 15.0 Å². The van der Waals surface area contributed by atoms with Crippen molar-refractivity contribution in [2.24, 2.45) is 4.99 Å². The Hall–Kier alpha value is -2.89. The third kappa shape index (κ3) is 4.84. The SMILES string of the molecule is CCNC(=NCc1ccc(OC)c(O)c1)N1CCN(c2ccccc2)CC1. The molecule has 0 bridgehead atoms. The number of guanidine groups is 1. The summed E-state index contributed by atoms with van der Waals surface area (Å²) in [5.74, 6) is 1.54. The number of aliphatic imine (C=N–C) groups is 1. The number of hydrogen-bond acceptors (Lipinski definition) is 4. The maximum Gasteiger partial charge on any atom is 0.194 e. The lowest BCUT2D eigenvalue weighted by molar-refractivity contribution is 0.371. The molecule has 1 aliphatic heterocycles. The minimum atomic E-state index is 0.145. The van der Waals surface area contributed by atoms with E-state index in [2.05, 4.69) is 46.3 Å². The van der Waals surface area contributed by atoms with Crippen LogP contribution in [0, 0.1) is 0 Å². The molecule has 0 unspecified atom stereocenters. The predicted octanol–water partition coefficient (Wildman–Crippen LogP) is 2.69. The van der Waals surface area contributed by atoms with Crippen LogP contribution >= 0.6 is 0 Å². The van der Waals surface area contributed by atoms with Crippen LogP contribution in [-0.4, -0.2) is 55.8 Å². The number of nitrogens with one attached hydrogen (secondary N) is 1. The number of piperazine rings is 1. The fraction of sp³-hybridized carbons (Fsp3) is 0.381. The number of rotatable bonds is 5. The topological polar surface area (TPSA) is 60.3 Å². The molecule has 2 aromatic carbocycles. The van der Waals surface area contributed by atoms with Crippen LogP contribution in [0.2, 0.25) is 0 Å². The molecule has 2 N–H and O–H groups in total. The van der Waals surface area contributed by atoms with Crippen molar-refractivity contribution in [1.29, 1.82) is 0 Å². The van der Waals surface area contributed by atoms with Gasteiger partial charge in [-0.05, 0) is 36.8 Å². The summed E-state index contributed by atoms with van der Waals surface area (Å²) in [6.45, 7) is 7.21. The molecule has 0 aliphatic carbocycles. The van der Waals surface area contributed by atoms with Crippen molar-refractivity contribution < 1.29 is 9.84 Å². The van der Waals surface area contributed by atoms with Gasteiger partial charge in [-0.2, -0.15) is 0 Å². The van der Waals surface area contributed by atoms with Gasteiger partial charge in [-0.15, -0.1) is 0 Å². The summed E-state index contributed by atoms with van der Waals surface area (Å²) in [7, 11) is 1.55. The lowest BCUT2D eigenvalue weighted by atomic mass is 10.2. The van der Waals surface area contributed by atoms with Crippen molar-refractivity contribution in [2.75, 3.05) is 44.7 Å². The fourth-order valence-corrected chi connectivity index (χ4v) is 3.24. The number of nitrogens with zero attached hydrogens (tertiary/aromatic N) is 3. The van der Waals surface area contributed by atoms with Crippen molar-refractivity contribution >= 4 is 11.6 Å². The van der Waals surface area contributed by atoms with Crippen molar-refractivity contribution in [2.45, 2.75) is 13.5 Å². The molecule has 6 nitrogen and oxygen atoms in total. The Labute approximate surface area is 161 Å². The summed E-state index contributed by atoms with van der Waals surface area (Å²) in [4.78, 5) is 9.47. The maximum atomic E-state index is 9.94. The van der Waals surface area contributed by atoms with E-state index < -0.39 is 0 Å². The first-order chi connectivity index (χ1) is 13.2. The van der Waals surface area contributed by atoms with E-state index in [-0.39, 0.29) is 5.75 Å². The van der Waals surface area contributed by atoms with Gasteiger partial charge in [0.15, 0.2) is 17.5 Å². The zero-order valence-electron chi connectivity index (χ0n) is 16.1. The van der Waals surface area contributed by atoms with Gasteiger partial charge in [0.1, 0.15) is 0 Å². The van der Waals surface area contributed by atoms with Gasteiger partial charge in [0.25, 0.3) is 0 Å². The molecular weight excluding hydrogens is 340 g/mol. The van der Waals surface area contributed by atoms with Crippen LogP contribution in [-0.2, 0) is 6.54 Å². The number of ether oxygens (including phenoxy) is 1. The standard InChI is InChI=1S/C21H28N4O2/c1-3-22-21(23-16-17-9-10-20(27-2)19(26)15-17)25-13-11-24(12-14-25)18-7-5-4-6-8-18/h4-10,15,26H,3,11-14,16H2,1-2H3,(H,22,23). The number of aromatic hydroxyl groups is 1. The van der Waals surface area contributed by atoms with Crippen LogP contribution in [0.15, 0.2) is 53.5 Å². The third-order valence-electron chi connectivity index (χ3n) is 4.69. The summed E-state index contributed by atoms with van der Waals surface area (Å²) < 4.78 is 5.09. The van der Waals surface area contributed by atoms with E-state index >= 15 is 0 Å². The van der Waals surface area contributed by atoms with E-state index in [1.54, 1.807) is 19.2 Å². The molecule has 0 aromatic heterocycles. The second-order valence-electron chi connectivity index (χ2n) is 6.49. The Balaban J connectivity index is 1.63. The Bertz CT molecular complexity index is 756. The van der Waals surface area contributed by atoms with Crippen molar-refractivity contribution in [3.8, 4) is 11.5 Å². The highest BCUT2D eigenvalue weighted by Gasteiger charge is 2.19. The molecule has 27 heavy (non-hydrogen) atoms. The monoisotopic (exact) mass is 368 g/mol. The highest BCUT2D eigenvalue weighted by molar-refractivity contribution is 5.80. The molecule has 1 fully saturated rings. The van der Waals surface area contributed by atoms with E-state index in [9.17, 15) is 5.11 Å². The van der Waals surface area contributed by atoms with Gasteiger partial charge in [-0.25, -0.2) is 4.99 Å². The van der Waals surface area contributed by atoms with Crippen LogP contribution in [0.5, 0.6) is 11.5 Å². The number of anilines is 1. The molecule has 144 valence electrons. The Morgan fingerprint density at radius 2 is 1.85 bits per heavy atom. The smallest absolute Gasteiger partial charge is 0.194 e. The Kier molecular flexibility index (Phi) is 6.41. The molecule has 1 saturated heterocycles. The van der Waals surface area contributed by atoms with Crippen molar-refractivity contribution in [1.82, 2.24) is 10.2 Å². The fourth-order valence-electron chi connectivity index (χ4n) is 3.24. The lowest BCUT2D eigenvalue weighted by Crippen LogP contribution is -2.52. The number of benzene rings is 2. The molecule has 0 spiro atoms. The van der Waals surface area contributed by atoms with E-state index in [0.29, 0.717) is 12.3 Å². The van der Waals surface area contributed by atoms with Crippen molar-refractivity contribution in [3.63, 3.8) is 0 Å². The van der Waals surface area contributed by atoms with Gasteiger partial charge < -0.3 is 25.0 Å². The summed E-state index contributed by atoms with van der Waals surface area (Å²) >= 11 is 0. The van der Waals surface area contributed by atoms with Gasteiger partial charge >= 0.3 is 0 Å². The number of methoxy groups -OCH3 is 1. The van der Waals surface area contributed by atoms with Crippen LogP contribution in [0.25, 0.3) is 0 Å². The first-order valence-electron chi connectivity index (χ1n) is 9.40. The molecule has 0 atom stereocenters. The highest BCUT2D eigenvalue weighted by atomic mass is 16.5. The number of para-hydroxylation sites is 1. The normalized spacial score (nSPS) is 15.0. The lowest BCUT2D eigenvalue weighted by Gasteiger charge is -2.37. The second-order valence-corrected chi connectivity index (χ2v) is 6.49. The van der Waals surface area contributed by atoms with Crippen LogP contribution in [0.3, 0.4) is 0 Å². The van der Waals surface area contributed by atoms with E-state index in [1.165, 1.54) is 5.69 Å². The molecule has 6 heteroatoms. The summed E-state index contributed by atoms with van der Waals surface area (Å²) in [6.07, 6.45) is 0. The quantitative estimate of drug-likeness (QED) is 0.628. The minimum absolute atomic E-state index is 0.145. The Morgan fingerprint density at radius 3 is 2.48 bits per heavy atom. The summed E-state index contributed by atoms with van der Waals surface area (Å²) in [6, 6.07) is 15.9. The van der Waals surface area contributed by atoms with Crippen molar-refractivity contribution in [3.05, 3.63) is 54.1 Å². The maximum absolute atomic E-state index is 9.94. The van der Waals surface area contributed by atoms with Gasteiger partial charge in [0.05, 0.1) is 13.7 Å². The summed E-state index contributed by atoms with van der Waals surface area (Å²) in [5, 5.41) is 13.3. The van der Waals surface area contributed by atoms with Gasteiger partial charge in [0.2, 0.25) is 0 Å². The van der Waals surface area contributed by atoms with Gasteiger partial charge in [-0.1, -0.05) is 24.3 Å². The molecule has 3 rings (SSSR count). The molecule has 1 aliphatic rings. The largest absolute Gasteiger partial charge is 0.504 e. The molecule has 0 saturated carbocycles. The average molecular weight is 368 g/mol. The molecule has 0 amide bonds. The molecule has 2 aromatic rings. The first-order valence-corrected chi connectivity index (χ1v) is 9.40. The number of phenols is 1.